The Hall–Kier alpha value is -6.37. The topological polar surface area (TPSA) is 216 Å². The van der Waals surface area contributed by atoms with E-state index < -0.39 is 18.0 Å². The van der Waals surface area contributed by atoms with Gasteiger partial charge in [-0.25, -0.2) is 0 Å². The van der Waals surface area contributed by atoms with Crippen LogP contribution >= 0.6 is 11.6 Å². The van der Waals surface area contributed by atoms with Gasteiger partial charge in [0.25, 0.3) is 5.91 Å². The van der Waals surface area contributed by atoms with Crippen LogP contribution in [0.5, 0.6) is 11.5 Å². The van der Waals surface area contributed by atoms with Gasteiger partial charge in [-0.05, 0) is 78.4 Å². The summed E-state index contributed by atoms with van der Waals surface area (Å²) >= 11 is 6.77. The van der Waals surface area contributed by atoms with Crippen molar-refractivity contribution in [3.63, 3.8) is 0 Å². The quantitative estimate of drug-likeness (QED) is 0.0428. The number of halogens is 1. The Morgan fingerprint density at radius 3 is 2.30 bits per heavy atom. The van der Waals surface area contributed by atoms with Gasteiger partial charge in [-0.15, -0.1) is 0 Å². The molecule has 5 rings (SSSR count). The number of aliphatic carboxylic acids is 2. The maximum atomic E-state index is 12.7. The molecule has 0 saturated carbocycles. The lowest BCUT2D eigenvalue weighted by molar-refractivity contribution is -0.139. The normalized spacial score (nSPS) is 11.4. The number of nitrogens with one attached hydrogen (secondary N) is 3. The number of aromatic nitrogens is 2. The molecule has 2 heterocycles. The first-order valence-corrected chi connectivity index (χ1v) is 19.7. The summed E-state index contributed by atoms with van der Waals surface area (Å²) < 4.78 is 12.5. The molecule has 0 aliphatic rings. The van der Waals surface area contributed by atoms with Crippen LogP contribution in [0, 0.1) is 25.2 Å². The summed E-state index contributed by atoms with van der Waals surface area (Å²) in [6.07, 6.45) is 3.94. The lowest BCUT2D eigenvalue weighted by atomic mass is 9.90. The lowest BCUT2D eigenvalue weighted by Crippen LogP contribution is -2.36. The van der Waals surface area contributed by atoms with Gasteiger partial charge >= 0.3 is 11.9 Å². The molecule has 0 unspecified atom stereocenters. The molecule has 15 heteroatoms. The van der Waals surface area contributed by atoms with Crippen LogP contribution in [0.4, 0.5) is 0 Å². The van der Waals surface area contributed by atoms with Gasteiger partial charge < -0.3 is 40.7 Å². The Balaban J connectivity index is 1.27. The number of hydrogen-bond donors (Lipinski definition) is 6. The van der Waals surface area contributed by atoms with E-state index in [9.17, 15) is 24.8 Å². The zero-order chi connectivity index (χ0) is 43.0. The van der Waals surface area contributed by atoms with Crippen LogP contribution in [0.2, 0.25) is 5.02 Å². The number of carbonyl (C=O) groups excluding carboxylic acids is 1. The summed E-state index contributed by atoms with van der Waals surface area (Å²) in [5.41, 5.74) is 9.00. The van der Waals surface area contributed by atoms with Crippen LogP contribution < -0.4 is 25.4 Å². The van der Waals surface area contributed by atoms with Gasteiger partial charge in [-0.2, -0.15) is 5.26 Å². The number of amides is 1. The molecule has 0 bridgehead atoms. The maximum Gasteiger partial charge on any atom is 0.306 e. The number of rotatable bonds is 22. The molecule has 0 aliphatic carbocycles. The van der Waals surface area contributed by atoms with Crippen molar-refractivity contribution in [2.75, 3.05) is 26.2 Å². The summed E-state index contributed by atoms with van der Waals surface area (Å²) in [5.74, 6) is -1.35. The Morgan fingerprint density at radius 1 is 0.817 bits per heavy atom. The molecule has 0 aliphatic heterocycles. The van der Waals surface area contributed by atoms with Crippen molar-refractivity contribution in [2.45, 2.75) is 59.0 Å². The summed E-state index contributed by atoms with van der Waals surface area (Å²) in [5, 5.41) is 46.0. The molecule has 1 atom stereocenters. The molecule has 0 radical (unpaired) electrons. The minimum absolute atomic E-state index is 0.0565. The first-order valence-electron chi connectivity index (χ1n) is 19.3. The van der Waals surface area contributed by atoms with Gasteiger partial charge in [0.05, 0.1) is 23.1 Å². The molecule has 1 amide bonds. The van der Waals surface area contributed by atoms with Crippen LogP contribution in [0.25, 0.3) is 22.3 Å². The van der Waals surface area contributed by atoms with Crippen LogP contribution in [0.1, 0.15) is 63.1 Å². The molecule has 6 N–H and O–H groups in total. The van der Waals surface area contributed by atoms with E-state index in [1.807, 2.05) is 44.2 Å². The average Bonchev–Trinajstić information content (AvgIpc) is 3.23. The minimum Gasteiger partial charge on any atom is -0.488 e. The number of carboxylic acid groups (broad SMARTS) is 2. The second kappa shape index (κ2) is 22.1. The van der Waals surface area contributed by atoms with Crippen LogP contribution in [-0.4, -0.2) is 75.4 Å². The van der Waals surface area contributed by atoms with Gasteiger partial charge in [0.15, 0.2) is 0 Å². The Labute approximate surface area is 353 Å². The average molecular weight is 835 g/mol. The zero-order valence-electron chi connectivity index (χ0n) is 33.3. The van der Waals surface area contributed by atoms with Gasteiger partial charge in [0.1, 0.15) is 36.5 Å². The van der Waals surface area contributed by atoms with Crippen molar-refractivity contribution in [1.82, 2.24) is 25.9 Å². The number of pyridine rings is 2. The molecular formula is C45H47ClN6O8. The lowest BCUT2D eigenvalue weighted by Gasteiger charge is -2.18. The third kappa shape index (κ3) is 12.8. The number of aliphatic hydroxyl groups excluding tert-OH is 1. The molecular weight excluding hydrogens is 788 g/mol. The van der Waals surface area contributed by atoms with Crippen molar-refractivity contribution in [3.8, 4) is 39.8 Å². The number of benzene rings is 3. The van der Waals surface area contributed by atoms with E-state index >= 15 is 0 Å². The number of nitrogens with zero attached hydrogens (tertiary/aromatic N) is 3. The summed E-state index contributed by atoms with van der Waals surface area (Å²) in [6, 6.07) is 22.9. The number of nitriles is 1. The van der Waals surface area contributed by atoms with Crippen molar-refractivity contribution in [3.05, 3.63) is 129 Å². The van der Waals surface area contributed by atoms with Gasteiger partial charge in [-0.1, -0.05) is 54.1 Å². The van der Waals surface area contributed by atoms with Crippen molar-refractivity contribution in [2.24, 2.45) is 0 Å². The molecule has 312 valence electrons. The first kappa shape index (κ1) is 44.7. The molecule has 60 heavy (non-hydrogen) atoms. The molecule has 0 saturated heterocycles. The highest BCUT2D eigenvalue weighted by Crippen LogP contribution is 2.37. The smallest absolute Gasteiger partial charge is 0.306 e. The standard InChI is InChI=1S/C45H47ClN6O8/c1-28-33(27-60-42-19-41(59-26-31-16-30(20-47)21-50-22-31)34(17-39(42)46)23-48-13-5-10-43(54)55)6-3-8-37(28)38-9-4-7-36(29(38)2)32-11-12-40(52-24-32)45(58)51-15-14-49-25-35(53)18-44(56)57/h3-4,6-9,11-12,16-17,19,21-22,24,35,48-49,53H,5,10,13-15,18,23,25-27H2,1-2H3,(H,51,58)(H,54,55)(H,56,57)/t35-/m0/s1. The molecule has 3 aromatic carbocycles. The summed E-state index contributed by atoms with van der Waals surface area (Å²) in [6.45, 7) is 6.06. The minimum atomic E-state index is -1.08. The van der Waals surface area contributed by atoms with Crippen LogP contribution in [-0.2, 0) is 29.3 Å². The van der Waals surface area contributed by atoms with Crippen LogP contribution in [0.15, 0.2) is 85.3 Å². The predicted octanol–water partition coefficient (Wildman–Crippen LogP) is 6.22. The Morgan fingerprint density at radius 2 is 1.57 bits per heavy atom. The fourth-order valence-corrected chi connectivity index (χ4v) is 6.69. The number of carbonyl (C=O) groups is 3. The molecule has 0 fully saturated rings. The number of carboxylic acids is 2. The van der Waals surface area contributed by atoms with Gasteiger partial charge in [0.2, 0.25) is 0 Å². The van der Waals surface area contributed by atoms with Crippen molar-refractivity contribution >= 4 is 29.4 Å². The Kier molecular flexibility index (Phi) is 16.5. The number of aliphatic hydroxyl groups is 1. The van der Waals surface area contributed by atoms with Gasteiger partial charge in [0, 0.05) is 73.9 Å². The van der Waals surface area contributed by atoms with Crippen LogP contribution in [0.3, 0.4) is 0 Å². The largest absolute Gasteiger partial charge is 0.488 e. The van der Waals surface area contributed by atoms with E-state index in [1.54, 1.807) is 36.7 Å². The second-order valence-electron chi connectivity index (χ2n) is 14.0. The van der Waals surface area contributed by atoms with E-state index in [0.29, 0.717) is 53.7 Å². The third-order valence-corrected chi connectivity index (χ3v) is 9.93. The van der Waals surface area contributed by atoms with E-state index in [1.165, 1.54) is 6.20 Å². The third-order valence-electron chi connectivity index (χ3n) is 9.63. The fourth-order valence-electron chi connectivity index (χ4n) is 6.45. The predicted molar refractivity (Wildman–Crippen MR) is 226 cm³/mol. The number of hydrogen-bond acceptors (Lipinski definition) is 11. The molecule has 5 aromatic rings. The monoisotopic (exact) mass is 834 g/mol. The molecule has 0 spiro atoms. The van der Waals surface area contributed by atoms with Crippen molar-refractivity contribution in [1.29, 1.82) is 5.26 Å². The van der Waals surface area contributed by atoms with E-state index in [4.69, 9.17) is 31.3 Å². The van der Waals surface area contributed by atoms with E-state index in [0.717, 1.165) is 44.5 Å². The highest BCUT2D eigenvalue weighted by Gasteiger charge is 2.17. The van der Waals surface area contributed by atoms with E-state index in [-0.39, 0.29) is 50.7 Å². The summed E-state index contributed by atoms with van der Waals surface area (Å²) in [4.78, 5) is 42.9. The number of ether oxygens (including phenoxy) is 2. The highest BCUT2D eigenvalue weighted by atomic mass is 35.5. The highest BCUT2D eigenvalue weighted by molar-refractivity contribution is 6.32. The van der Waals surface area contributed by atoms with Crippen molar-refractivity contribution < 1.29 is 39.2 Å². The van der Waals surface area contributed by atoms with Gasteiger partial charge in [-0.3, -0.25) is 24.4 Å². The summed E-state index contributed by atoms with van der Waals surface area (Å²) in [7, 11) is 0. The zero-order valence-corrected chi connectivity index (χ0v) is 34.1. The fraction of sp³-hybridized carbons (Fsp3) is 0.289. The van der Waals surface area contributed by atoms with E-state index in [2.05, 4.69) is 44.1 Å². The molecule has 14 nitrogen and oxygen atoms in total. The SMILES string of the molecule is Cc1c(COc2cc(OCc3cncc(C#N)c3)c(CNCCCC(=O)O)cc2Cl)cccc1-c1cccc(-c2ccc(C(=O)NCCNC[C@@H](O)CC(=O)O)nc2)c1C. The Bertz CT molecular complexity index is 2330. The first-order chi connectivity index (χ1) is 28.9. The molecule has 2 aromatic heterocycles. The second-order valence-corrected chi connectivity index (χ2v) is 14.5. The maximum absolute atomic E-state index is 12.7.